The van der Waals surface area contributed by atoms with Gasteiger partial charge in [-0.3, -0.25) is 4.98 Å². The molecule has 1 heteroatoms. The molecule has 0 aliphatic carbocycles. The average molecular weight is 239 g/mol. The molecule has 0 N–H and O–H groups in total. The van der Waals surface area contributed by atoms with Crippen LogP contribution in [0.1, 0.15) is 30.5 Å². The number of rotatable bonds is 3. The minimum Gasteiger partial charge on any atom is -0.256 e. The van der Waals surface area contributed by atoms with E-state index < -0.39 is 0 Å². The lowest BCUT2D eigenvalue weighted by Crippen LogP contribution is -1.95. The summed E-state index contributed by atoms with van der Waals surface area (Å²) in [5, 5.41) is 0. The Kier molecular flexibility index (Phi) is 3.81. The predicted molar refractivity (Wildman–Crippen MR) is 77.7 cm³/mol. The first-order valence-corrected chi connectivity index (χ1v) is 6.59. The number of aromatic nitrogens is 1. The highest BCUT2D eigenvalue weighted by molar-refractivity contribution is 5.64. The second kappa shape index (κ2) is 5.34. The van der Waals surface area contributed by atoms with E-state index in [1.807, 2.05) is 6.20 Å². The van der Waals surface area contributed by atoms with Gasteiger partial charge in [0.2, 0.25) is 0 Å². The van der Waals surface area contributed by atoms with Crippen molar-refractivity contribution in [2.75, 3.05) is 0 Å². The second-order valence-corrected chi connectivity index (χ2v) is 5.47. The van der Waals surface area contributed by atoms with Gasteiger partial charge >= 0.3 is 0 Å². The van der Waals surface area contributed by atoms with Crippen molar-refractivity contribution >= 4 is 0 Å². The predicted octanol–water partition coefficient (Wildman–Crippen LogP) is 4.56. The van der Waals surface area contributed by atoms with E-state index in [1.165, 1.54) is 22.3 Å². The van der Waals surface area contributed by atoms with Crippen molar-refractivity contribution in [3.63, 3.8) is 0 Å². The lowest BCUT2D eigenvalue weighted by Gasteiger charge is -2.08. The molecule has 2 rings (SSSR count). The van der Waals surface area contributed by atoms with Gasteiger partial charge < -0.3 is 0 Å². The molecule has 0 unspecified atom stereocenters. The third-order valence-electron chi connectivity index (χ3n) is 3.14. The largest absolute Gasteiger partial charge is 0.256 e. The highest BCUT2D eigenvalue weighted by Crippen LogP contribution is 2.23. The average Bonchev–Trinajstić information content (AvgIpc) is 2.33. The van der Waals surface area contributed by atoms with E-state index in [9.17, 15) is 0 Å². The van der Waals surface area contributed by atoms with Crippen LogP contribution in [0.3, 0.4) is 0 Å². The first kappa shape index (κ1) is 12.8. The summed E-state index contributed by atoms with van der Waals surface area (Å²) >= 11 is 0. The number of nitrogens with zero attached hydrogens (tertiary/aromatic N) is 1. The molecule has 94 valence electrons. The molecule has 1 aromatic carbocycles. The maximum absolute atomic E-state index is 4.60. The first-order valence-electron chi connectivity index (χ1n) is 6.59. The summed E-state index contributed by atoms with van der Waals surface area (Å²) in [4.78, 5) is 4.60. The molecule has 0 aliphatic heterocycles. The zero-order valence-electron chi connectivity index (χ0n) is 11.7. The van der Waals surface area contributed by atoms with Crippen LogP contribution < -0.4 is 0 Å². The molecule has 1 aromatic heterocycles. The lowest BCUT2D eigenvalue weighted by molar-refractivity contribution is 0.646. The van der Waals surface area contributed by atoms with Crippen molar-refractivity contribution in [1.29, 1.82) is 0 Å². The number of benzene rings is 1. The standard InChI is InChI=1S/C17H21N/c1-12(2)9-15-7-8-17(18-11-15)16-10-13(3)5-6-14(16)4/h5-8,10-12H,9H2,1-4H3. The van der Waals surface area contributed by atoms with E-state index >= 15 is 0 Å². The van der Waals surface area contributed by atoms with E-state index in [1.54, 1.807) is 0 Å². The maximum atomic E-state index is 4.60. The lowest BCUT2D eigenvalue weighted by atomic mass is 10.0. The van der Waals surface area contributed by atoms with Crippen molar-refractivity contribution in [2.24, 2.45) is 5.92 Å². The van der Waals surface area contributed by atoms with E-state index in [0.717, 1.165) is 12.1 Å². The highest BCUT2D eigenvalue weighted by Gasteiger charge is 2.04. The maximum Gasteiger partial charge on any atom is 0.0704 e. The van der Waals surface area contributed by atoms with Gasteiger partial charge in [0.05, 0.1) is 5.69 Å². The van der Waals surface area contributed by atoms with Gasteiger partial charge in [-0.05, 0) is 49.4 Å². The summed E-state index contributed by atoms with van der Waals surface area (Å²) in [6.45, 7) is 8.73. The third kappa shape index (κ3) is 2.98. The monoisotopic (exact) mass is 239 g/mol. The zero-order valence-corrected chi connectivity index (χ0v) is 11.7. The van der Waals surface area contributed by atoms with E-state index in [2.05, 4.69) is 63.0 Å². The Labute approximate surface area is 110 Å². The molecule has 0 atom stereocenters. The van der Waals surface area contributed by atoms with Crippen molar-refractivity contribution < 1.29 is 0 Å². The Hall–Kier alpha value is -1.63. The normalized spacial score (nSPS) is 10.9. The van der Waals surface area contributed by atoms with Gasteiger partial charge in [-0.15, -0.1) is 0 Å². The van der Waals surface area contributed by atoms with Crippen LogP contribution in [-0.4, -0.2) is 4.98 Å². The molecule has 2 aromatic rings. The van der Waals surface area contributed by atoms with E-state index in [0.29, 0.717) is 5.92 Å². The number of hydrogen-bond acceptors (Lipinski definition) is 1. The molecule has 0 saturated carbocycles. The van der Waals surface area contributed by atoms with Gasteiger partial charge in [0.1, 0.15) is 0 Å². The van der Waals surface area contributed by atoms with Gasteiger partial charge in [-0.25, -0.2) is 0 Å². The number of aryl methyl sites for hydroxylation is 2. The summed E-state index contributed by atoms with van der Waals surface area (Å²) in [6, 6.07) is 10.9. The molecule has 0 aliphatic rings. The fourth-order valence-corrected chi connectivity index (χ4v) is 2.19. The van der Waals surface area contributed by atoms with Crippen LogP contribution in [0.2, 0.25) is 0 Å². The van der Waals surface area contributed by atoms with Crippen LogP contribution in [-0.2, 0) is 6.42 Å². The molecule has 0 saturated heterocycles. The SMILES string of the molecule is Cc1ccc(C)c(-c2ccc(CC(C)C)cn2)c1. The van der Waals surface area contributed by atoms with Crippen molar-refractivity contribution in [3.05, 3.63) is 53.2 Å². The third-order valence-corrected chi connectivity index (χ3v) is 3.14. The zero-order chi connectivity index (χ0) is 13.1. The second-order valence-electron chi connectivity index (χ2n) is 5.47. The Balaban J connectivity index is 2.31. The summed E-state index contributed by atoms with van der Waals surface area (Å²) in [6.07, 6.45) is 3.11. The Bertz CT molecular complexity index is 524. The fraction of sp³-hybridized carbons (Fsp3) is 0.353. The molecule has 0 spiro atoms. The van der Waals surface area contributed by atoms with E-state index in [4.69, 9.17) is 0 Å². The van der Waals surface area contributed by atoms with E-state index in [-0.39, 0.29) is 0 Å². The molecule has 18 heavy (non-hydrogen) atoms. The Morgan fingerprint density at radius 2 is 1.83 bits per heavy atom. The Morgan fingerprint density at radius 1 is 1.06 bits per heavy atom. The molecule has 1 heterocycles. The van der Waals surface area contributed by atoms with Crippen LogP contribution in [0.25, 0.3) is 11.3 Å². The Morgan fingerprint density at radius 3 is 2.44 bits per heavy atom. The van der Waals surface area contributed by atoms with Crippen LogP contribution in [0, 0.1) is 19.8 Å². The molecule has 0 radical (unpaired) electrons. The van der Waals surface area contributed by atoms with Gasteiger partial charge in [0, 0.05) is 11.8 Å². The summed E-state index contributed by atoms with van der Waals surface area (Å²) < 4.78 is 0. The van der Waals surface area contributed by atoms with Crippen molar-refractivity contribution in [3.8, 4) is 11.3 Å². The van der Waals surface area contributed by atoms with Crippen molar-refractivity contribution in [1.82, 2.24) is 4.98 Å². The summed E-state index contributed by atoms with van der Waals surface area (Å²) in [5.74, 6) is 0.679. The topological polar surface area (TPSA) is 12.9 Å². The van der Waals surface area contributed by atoms with Crippen LogP contribution >= 0.6 is 0 Å². The summed E-state index contributed by atoms with van der Waals surface area (Å²) in [7, 11) is 0. The van der Waals surface area contributed by atoms with Crippen molar-refractivity contribution in [2.45, 2.75) is 34.1 Å². The summed E-state index contributed by atoms with van der Waals surface area (Å²) in [5.41, 5.74) is 6.20. The quantitative estimate of drug-likeness (QED) is 0.765. The molecular weight excluding hydrogens is 218 g/mol. The molecule has 1 nitrogen and oxygen atoms in total. The van der Waals surface area contributed by atoms with Gasteiger partial charge in [-0.2, -0.15) is 0 Å². The van der Waals surface area contributed by atoms with Gasteiger partial charge in [0.25, 0.3) is 0 Å². The molecule has 0 bridgehead atoms. The minimum absolute atomic E-state index is 0.679. The molecular formula is C17H21N. The minimum atomic E-state index is 0.679. The highest BCUT2D eigenvalue weighted by atomic mass is 14.7. The van der Waals surface area contributed by atoms with Gasteiger partial charge in [0.15, 0.2) is 0 Å². The van der Waals surface area contributed by atoms with Crippen LogP contribution in [0.15, 0.2) is 36.5 Å². The smallest absolute Gasteiger partial charge is 0.0704 e. The number of hydrogen-bond donors (Lipinski definition) is 0. The molecule has 0 fully saturated rings. The van der Waals surface area contributed by atoms with Gasteiger partial charge in [-0.1, -0.05) is 37.6 Å². The molecule has 0 amide bonds. The van der Waals surface area contributed by atoms with Crippen LogP contribution in [0.5, 0.6) is 0 Å². The fourth-order valence-electron chi connectivity index (χ4n) is 2.19. The number of pyridine rings is 1. The first-order chi connectivity index (χ1) is 8.56. The van der Waals surface area contributed by atoms with Crippen LogP contribution in [0.4, 0.5) is 0 Å².